The maximum Gasteiger partial charge on any atom is 0.338 e. The summed E-state index contributed by atoms with van der Waals surface area (Å²) in [5, 5.41) is 7.25. The van der Waals surface area contributed by atoms with Crippen LogP contribution in [-0.4, -0.2) is 27.8 Å². The normalized spacial score (nSPS) is 12.0. The van der Waals surface area contributed by atoms with Crippen LogP contribution in [0.5, 0.6) is 0 Å². The van der Waals surface area contributed by atoms with E-state index in [4.69, 9.17) is 16.3 Å². The van der Waals surface area contributed by atoms with Gasteiger partial charge in [0.05, 0.1) is 11.8 Å². The fourth-order valence-electron chi connectivity index (χ4n) is 1.95. The molecule has 0 saturated carbocycles. The van der Waals surface area contributed by atoms with Crippen molar-refractivity contribution in [2.45, 2.75) is 32.9 Å². The highest BCUT2D eigenvalue weighted by molar-refractivity contribution is 6.30. The lowest BCUT2D eigenvalue weighted by Gasteiger charge is -2.15. The van der Waals surface area contributed by atoms with Crippen LogP contribution in [-0.2, 0) is 9.53 Å². The Hall–Kier alpha value is -2.34. The van der Waals surface area contributed by atoms with Crippen molar-refractivity contribution in [1.29, 1.82) is 0 Å². The number of amides is 1. The first-order chi connectivity index (χ1) is 10.9. The summed E-state index contributed by atoms with van der Waals surface area (Å²) in [6, 6.07) is 8.15. The standard InChI is InChI=1S/C16H18ClN3O3/c1-10(2)20-14(7-8-18-20)19-15(21)11(3)23-16(22)12-5-4-6-13(17)9-12/h4-11H,1-3H3,(H,19,21). The van der Waals surface area contributed by atoms with Crippen molar-refractivity contribution < 1.29 is 14.3 Å². The van der Waals surface area contributed by atoms with Crippen molar-refractivity contribution in [1.82, 2.24) is 9.78 Å². The molecule has 23 heavy (non-hydrogen) atoms. The van der Waals surface area contributed by atoms with Crippen LogP contribution in [0, 0.1) is 0 Å². The van der Waals surface area contributed by atoms with Gasteiger partial charge in [-0.1, -0.05) is 17.7 Å². The van der Waals surface area contributed by atoms with Crippen LogP contribution in [0.15, 0.2) is 36.5 Å². The monoisotopic (exact) mass is 335 g/mol. The maximum atomic E-state index is 12.2. The molecule has 1 aromatic heterocycles. The van der Waals surface area contributed by atoms with Crippen molar-refractivity contribution >= 4 is 29.3 Å². The molecular weight excluding hydrogens is 318 g/mol. The number of benzene rings is 1. The number of ether oxygens (including phenoxy) is 1. The number of halogens is 1. The van der Waals surface area contributed by atoms with Crippen molar-refractivity contribution in [2.24, 2.45) is 0 Å². The van der Waals surface area contributed by atoms with E-state index in [2.05, 4.69) is 10.4 Å². The molecule has 122 valence electrons. The zero-order valence-corrected chi connectivity index (χ0v) is 13.9. The Morgan fingerprint density at radius 1 is 1.26 bits per heavy atom. The van der Waals surface area contributed by atoms with E-state index in [0.29, 0.717) is 16.4 Å². The van der Waals surface area contributed by atoms with E-state index in [0.717, 1.165) is 0 Å². The average molecular weight is 336 g/mol. The molecule has 7 heteroatoms. The minimum Gasteiger partial charge on any atom is -0.449 e. The van der Waals surface area contributed by atoms with Gasteiger partial charge in [-0.2, -0.15) is 5.10 Å². The molecule has 1 atom stereocenters. The van der Waals surface area contributed by atoms with Crippen LogP contribution < -0.4 is 5.32 Å². The highest BCUT2D eigenvalue weighted by Gasteiger charge is 2.20. The molecule has 1 unspecified atom stereocenters. The SMILES string of the molecule is CC(OC(=O)c1cccc(Cl)c1)C(=O)Nc1ccnn1C(C)C. The van der Waals surface area contributed by atoms with Gasteiger partial charge in [0, 0.05) is 17.1 Å². The molecule has 0 bridgehead atoms. The molecule has 1 amide bonds. The number of nitrogens with zero attached hydrogens (tertiary/aromatic N) is 2. The Kier molecular flexibility index (Phi) is 5.39. The molecule has 0 aliphatic carbocycles. The molecule has 0 aliphatic heterocycles. The molecular formula is C16H18ClN3O3. The second-order valence-corrected chi connectivity index (χ2v) is 5.74. The van der Waals surface area contributed by atoms with Gasteiger partial charge in [-0.3, -0.25) is 4.79 Å². The summed E-state index contributed by atoms with van der Waals surface area (Å²) in [6.07, 6.45) is 0.648. The predicted octanol–water partition coefficient (Wildman–Crippen LogP) is 3.30. The third kappa shape index (κ3) is 4.32. The van der Waals surface area contributed by atoms with Gasteiger partial charge in [0.15, 0.2) is 6.10 Å². The zero-order valence-electron chi connectivity index (χ0n) is 13.1. The molecule has 2 aromatic rings. The van der Waals surface area contributed by atoms with Gasteiger partial charge in [0.1, 0.15) is 5.82 Å². The summed E-state index contributed by atoms with van der Waals surface area (Å²) in [5.74, 6) is -0.481. The lowest BCUT2D eigenvalue weighted by Crippen LogP contribution is -2.31. The van der Waals surface area contributed by atoms with Crippen molar-refractivity contribution in [3.63, 3.8) is 0 Å². The number of anilines is 1. The van der Waals surface area contributed by atoms with Crippen LogP contribution in [0.1, 0.15) is 37.2 Å². The summed E-state index contributed by atoms with van der Waals surface area (Å²) < 4.78 is 6.83. The number of carbonyl (C=O) groups excluding carboxylic acids is 2. The Morgan fingerprint density at radius 3 is 2.65 bits per heavy atom. The van der Waals surface area contributed by atoms with Crippen LogP contribution in [0.25, 0.3) is 0 Å². The van der Waals surface area contributed by atoms with Gasteiger partial charge < -0.3 is 10.1 Å². The number of esters is 1. The maximum absolute atomic E-state index is 12.2. The summed E-state index contributed by atoms with van der Waals surface area (Å²) >= 11 is 5.83. The van der Waals surface area contributed by atoms with E-state index in [9.17, 15) is 9.59 Å². The third-order valence-electron chi connectivity index (χ3n) is 3.12. The number of aromatic nitrogens is 2. The first-order valence-corrected chi connectivity index (χ1v) is 7.57. The van der Waals surface area contributed by atoms with Gasteiger partial charge in [0.25, 0.3) is 5.91 Å². The van der Waals surface area contributed by atoms with E-state index in [1.165, 1.54) is 13.0 Å². The lowest BCUT2D eigenvalue weighted by molar-refractivity contribution is -0.123. The van der Waals surface area contributed by atoms with Crippen LogP contribution in [0.2, 0.25) is 5.02 Å². The minimum atomic E-state index is -0.947. The summed E-state index contributed by atoms with van der Waals surface area (Å²) in [4.78, 5) is 24.2. The fourth-order valence-corrected chi connectivity index (χ4v) is 2.14. The number of rotatable bonds is 5. The molecule has 1 aromatic carbocycles. The molecule has 6 nitrogen and oxygen atoms in total. The number of hydrogen-bond donors (Lipinski definition) is 1. The van der Waals surface area contributed by atoms with Crippen molar-refractivity contribution in [3.8, 4) is 0 Å². The number of hydrogen-bond acceptors (Lipinski definition) is 4. The van der Waals surface area contributed by atoms with Crippen LogP contribution >= 0.6 is 11.6 Å². The lowest BCUT2D eigenvalue weighted by atomic mass is 10.2. The molecule has 0 saturated heterocycles. The van der Waals surface area contributed by atoms with Crippen molar-refractivity contribution in [2.75, 3.05) is 5.32 Å². The van der Waals surface area contributed by atoms with E-state index < -0.39 is 18.0 Å². The first-order valence-electron chi connectivity index (χ1n) is 7.19. The molecule has 0 fully saturated rings. The second kappa shape index (κ2) is 7.28. The predicted molar refractivity (Wildman–Crippen MR) is 87.6 cm³/mol. The zero-order chi connectivity index (χ0) is 17.0. The van der Waals surface area contributed by atoms with E-state index >= 15 is 0 Å². The van der Waals surface area contributed by atoms with Gasteiger partial charge >= 0.3 is 5.97 Å². The Balaban J connectivity index is 2.00. The second-order valence-electron chi connectivity index (χ2n) is 5.30. The number of nitrogens with one attached hydrogen (secondary N) is 1. The van der Waals surface area contributed by atoms with Gasteiger partial charge in [0.2, 0.25) is 0 Å². The van der Waals surface area contributed by atoms with Gasteiger partial charge in [-0.15, -0.1) is 0 Å². The summed E-state index contributed by atoms with van der Waals surface area (Å²) in [5.41, 5.74) is 0.296. The molecule has 0 aliphatic rings. The molecule has 1 heterocycles. The van der Waals surface area contributed by atoms with E-state index in [1.807, 2.05) is 13.8 Å². The minimum absolute atomic E-state index is 0.101. The van der Waals surface area contributed by atoms with Crippen LogP contribution in [0.3, 0.4) is 0 Å². The number of carbonyl (C=O) groups is 2. The topological polar surface area (TPSA) is 73.2 Å². The average Bonchev–Trinajstić information content (AvgIpc) is 2.95. The smallest absolute Gasteiger partial charge is 0.338 e. The first kappa shape index (κ1) is 17.0. The summed E-state index contributed by atoms with van der Waals surface area (Å²) in [7, 11) is 0. The molecule has 2 rings (SSSR count). The largest absolute Gasteiger partial charge is 0.449 e. The van der Waals surface area contributed by atoms with Crippen molar-refractivity contribution in [3.05, 3.63) is 47.1 Å². The summed E-state index contributed by atoms with van der Waals surface area (Å²) in [6.45, 7) is 5.41. The molecule has 1 N–H and O–H groups in total. The quantitative estimate of drug-likeness (QED) is 0.851. The van der Waals surface area contributed by atoms with Gasteiger partial charge in [-0.25, -0.2) is 9.48 Å². The molecule has 0 spiro atoms. The highest BCUT2D eigenvalue weighted by Crippen LogP contribution is 2.15. The van der Waals surface area contributed by atoms with Crippen LogP contribution in [0.4, 0.5) is 5.82 Å². The van der Waals surface area contributed by atoms with Gasteiger partial charge in [-0.05, 0) is 39.0 Å². The Labute approximate surface area is 139 Å². The highest BCUT2D eigenvalue weighted by atomic mass is 35.5. The Bertz CT molecular complexity index is 712. The van der Waals surface area contributed by atoms with E-state index in [1.54, 1.807) is 35.1 Å². The Morgan fingerprint density at radius 2 is 2.00 bits per heavy atom. The van der Waals surface area contributed by atoms with E-state index in [-0.39, 0.29) is 6.04 Å². The fraction of sp³-hybridized carbons (Fsp3) is 0.312. The molecule has 0 radical (unpaired) electrons. The third-order valence-corrected chi connectivity index (χ3v) is 3.36.